The number of carbonyl (C=O) groups is 1. The zero-order chi connectivity index (χ0) is 24.9. The molecule has 1 saturated heterocycles. The zero-order valence-corrected chi connectivity index (χ0v) is 21.1. The standard InChI is InChI=1S/C26H33NO7S/c1-31-23-11-9-21(10-12-23)15-27-18-26(34-24(27)28)14-6-13-25(17-26,20-33-35(2,29)30)19-32-16-22-7-4-3-5-8-22/h3-5,7-12H,6,13-20H2,1-2H3. The highest BCUT2D eigenvalue weighted by molar-refractivity contribution is 7.85. The molecule has 4 rings (SSSR count). The lowest BCUT2D eigenvalue weighted by Gasteiger charge is -2.44. The van der Waals surface area contributed by atoms with E-state index in [4.69, 9.17) is 18.4 Å². The van der Waals surface area contributed by atoms with Gasteiger partial charge in [-0.1, -0.05) is 42.5 Å². The second kappa shape index (κ2) is 10.6. The van der Waals surface area contributed by atoms with Crippen LogP contribution in [0.2, 0.25) is 0 Å². The minimum Gasteiger partial charge on any atom is -0.497 e. The highest BCUT2D eigenvalue weighted by Crippen LogP contribution is 2.47. The van der Waals surface area contributed by atoms with E-state index >= 15 is 0 Å². The van der Waals surface area contributed by atoms with Gasteiger partial charge in [0.25, 0.3) is 10.1 Å². The van der Waals surface area contributed by atoms with Gasteiger partial charge in [0.05, 0.1) is 39.7 Å². The summed E-state index contributed by atoms with van der Waals surface area (Å²) in [7, 11) is -2.01. The quantitative estimate of drug-likeness (QED) is 0.450. The molecular weight excluding hydrogens is 470 g/mol. The molecule has 2 aliphatic rings. The fraction of sp³-hybridized carbons (Fsp3) is 0.500. The topological polar surface area (TPSA) is 91.4 Å². The molecule has 8 nitrogen and oxygen atoms in total. The van der Waals surface area contributed by atoms with Crippen LogP contribution in [0, 0.1) is 5.41 Å². The zero-order valence-electron chi connectivity index (χ0n) is 20.3. The van der Waals surface area contributed by atoms with Gasteiger partial charge in [-0.15, -0.1) is 0 Å². The van der Waals surface area contributed by atoms with E-state index in [0.717, 1.165) is 42.4 Å². The molecule has 1 heterocycles. The van der Waals surface area contributed by atoms with Gasteiger partial charge < -0.3 is 14.2 Å². The molecule has 1 amide bonds. The molecule has 9 heteroatoms. The summed E-state index contributed by atoms with van der Waals surface area (Å²) in [4.78, 5) is 14.5. The maximum absolute atomic E-state index is 12.8. The molecule has 0 bridgehead atoms. The number of hydrogen-bond acceptors (Lipinski definition) is 7. The number of carbonyl (C=O) groups excluding carboxylic acids is 1. The van der Waals surface area contributed by atoms with Gasteiger partial charge in [-0.3, -0.25) is 9.08 Å². The maximum atomic E-state index is 12.8. The van der Waals surface area contributed by atoms with Crippen LogP contribution in [0.25, 0.3) is 0 Å². The predicted molar refractivity (Wildman–Crippen MR) is 130 cm³/mol. The Hall–Kier alpha value is -2.62. The van der Waals surface area contributed by atoms with Gasteiger partial charge in [-0.2, -0.15) is 8.42 Å². The highest BCUT2D eigenvalue weighted by atomic mass is 32.2. The molecule has 0 aromatic heterocycles. The summed E-state index contributed by atoms with van der Waals surface area (Å²) in [6.07, 6.45) is 3.41. The summed E-state index contributed by atoms with van der Waals surface area (Å²) >= 11 is 0. The van der Waals surface area contributed by atoms with Crippen LogP contribution in [-0.2, 0) is 36.9 Å². The van der Waals surface area contributed by atoms with E-state index in [1.807, 2.05) is 54.6 Å². The van der Waals surface area contributed by atoms with Crippen LogP contribution in [0.15, 0.2) is 54.6 Å². The molecule has 2 atom stereocenters. The van der Waals surface area contributed by atoms with Crippen molar-refractivity contribution >= 4 is 16.2 Å². The van der Waals surface area contributed by atoms with Crippen molar-refractivity contribution in [1.29, 1.82) is 0 Å². The Morgan fingerprint density at radius 1 is 1.00 bits per heavy atom. The van der Waals surface area contributed by atoms with Crippen LogP contribution in [0.5, 0.6) is 5.75 Å². The summed E-state index contributed by atoms with van der Waals surface area (Å²) in [5.74, 6) is 0.757. The van der Waals surface area contributed by atoms with Crippen molar-refractivity contribution in [3.63, 3.8) is 0 Å². The molecule has 2 unspecified atom stereocenters. The van der Waals surface area contributed by atoms with E-state index in [1.165, 1.54) is 0 Å². The molecule has 2 aromatic carbocycles. The normalized spacial score (nSPS) is 24.5. The molecule has 190 valence electrons. The monoisotopic (exact) mass is 503 g/mol. The second-order valence-corrected chi connectivity index (χ2v) is 11.4. The first-order valence-electron chi connectivity index (χ1n) is 11.8. The third-order valence-electron chi connectivity index (χ3n) is 6.71. The van der Waals surface area contributed by atoms with Gasteiger partial charge in [0, 0.05) is 12.0 Å². The van der Waals surface area contributed by atoms with Crippen molar-refractivity contribution in [2.45, 2.75) is 44.4 Å². The van der Waals surface area contributed by atoms with E-state index in [-0.39, 0.29) is 12.7 Å². The van der Waals surface area contributed by atoms with E-state index in [0.29, 0.717) is 32.7 Å². The van der Waals surface area contributed by atoms with Gasteiger partial charge in [0.15, 0.2) is 0 Å². The Morgan fingerprint density at radius 2 is 1.74 bits per heavy atom. The molecule has 1 saturated carbocycles. The molecule has 2 fully saturated rings. The second-order valence-electron chi connectivity index (χ2n) is 9.73. The molecule has 1 spiro atoms. The van der Waals surface area contributed by atoms with E-state index in [2.05, 4.69) is 0 Å². The number of amides is 1. The summed E-state index contributed by atoms with van der Waals surface area (Å²) in [6.45, 7) is 1.60. The molecule has 0 N–H and O–H groups in total. The van der Waals surface area contributed by atoms with Crippen molar-refractivity contribution in [2.24, 2.45) is 5.41 Å². The largest absolute Gasteiger partial charge is 0.497 e. The molecule has 0 radical (unpaired) electrons. The molecule has 2 aromatic rings. The van der Waals surface area contributed by atoms with Crippen molar-refractivity contribution in [3.05, 3.63) is 65.7 Å². The summed E-state index contributed by atoms with van der Waals surface area (Å²) < 4.78 is 46.1. The molecule has 1 aliphatic carbocycles. The molecule has 35 heavy (non-hydrogen) atoms. The Kier molecular flexibility index (Phi) is 7.68. The number of ether oxygens (including phenoxy) is 3. The minimum absolute atomic E-state index is 0.00158. The summed E-state index contributed by atoms with van der Waals surface area (Å²) in [5.41, 5.74) is 0.745. The number of nitrogens with zero attached hydrogens (tertiary/aromatic N) is 1. The van der Waals surface area contributed by atoms with Crippen molar-refractivity contribution in [3.8, 4) is 5.75 Å². The average Bonchev–Trinajstić information content (AvgIpc) is 3.12. The smallest absolute Gasteiger partial charge is 0.410 e. The van der Waals surface area contributed by atoms with Crippen LogP contribution in [-0.4, -0.2) is 58.1 Å². The van der Waals surface area contributed by atoms with Crippen molar-refractivity contribution in [1.82, 2.24) is 4.90 Å². The van der Waals surface area contributed by atoms with Crippen LogP contribution in [0.1, 0.15) is 36.8 Å². The Balaban J connectivity index is 1.46. The summed E-state index contributed by atoms with van der Waals surface area (Å²) in [6, 6.07) is 17.4. The predicted octanol–water partition coefficient (Wildman–Crippen LogP) is 4.14. The van der Waals surface area contributed by atoms with Crippen LogP contribution >= 0.6 is 0 Å². The van der Waals surface area contributed by atoms with E-state index < -0.39 is 21.1 Å². The first kappa shape index (κ1) is 25.5. The third kappa shape index (κ3) is 6.74. The Morgan fingerprint density at radius 3 is 2.43 bits per heavy atom. The minimum atomic E-state index is -3.63. The van der Waals surface area contributed by atoms with Gasteiger partial charge in [-0.25, -0.2) is 4.79 Å². The highest BCUT2D eigenvalue weighted by Gasteiger charge is 2.53. The lowest BCUT2D eigenvalue weighted by atomic mass is 9.68. The van der Waals surface area contributed by atoms with E-state index in [1.54, 1.807) is 12.0 Å². The average molecular weight is 504 g/mol. The van der Waals surface area contributed by atoms with Gasteiger partial charge in [0.1, 0.15) is 11.4 Å². The van der Waals surface area contributed by atoms with Crippen LogP contribution < -0.4 is 4.74 Å². The molecular formula is C26H33NO7S. The van der Waals surface area contributed by atoms with Crippen LogP contribution in [0.4, 0.5) is 4.79 Å². The lowest BCUT2D eigenvalue weighted by molar-refractivity contribution is -0.0822. The first-order valence-corrected chi connectivity index (χ1v) is 13.6. The Labute approximate surface area is 207 Å². The number of methoxy groups -OCH3 is 1. The third-order valence-corrected chi connectivity index (χ3v) is 7.26. The van der Waals surface area contributed by atoms with Crippen molar-refractivity contribution in [2.75, 3.05) is 33.1 Å². The van der Waals surface area contributed by atoms with Crippen molar-refractivity contribution < 1.29 is 31.6 Å². The lowest BCUT2D eigenvalue weighted by Crippen LogP contribution is -2.48. The van der Waals surface area contributed by atoms with Gasteiger partial charge in [0.2, 0.25) is 0 Å². The summed E-state index contributed by atoms with van der Waals surface area (Å²) in [5, 5.41) is 0. The SMILES string of the molecule is COc1ccc(CN2CC3(CCCC(COCc4ccccc4)(COS(C)(=O)=O)C3)OC2=O)cc1. The fourth-order valence-electron chi connectivity index (χ4n) is 5.11. The number of rotatable bonds is 10. The fourth-order valence-corrected chi connectivity index (χ4v) is 5.58. The van der Waals surface area contributed by atoms with Gasteiger partial charge >= 0.3 is 6.09 Å². The maximum Gasteiger partial charge on any atom is 0.410 e. The van der Waals surface area contributed by atoms with Gasteiger partial charge in [-0.05, 0) is 48.9 Å². The first-order chi connectivity index (χ1) is 16.7. The number of benzene rings is 2. The Bertz CT molecular complexity index is 1110. The van der Waals surface area contributed by atoms with Crippen LogP contribution in [0.3, 0.4) is 0 Å². The number of hydrogen-bond donors (Lipinski definition) is 0. The van der Waals surface area contributed by atoms with E-state index in [9.17, 15) is 13.2 Å². The molecule has 1 aliphatic heterocycles.